The van der Waals surface area contributed by atoms with E-state index in [4.69, 9.17) is 0 Å². The van der Waals surface area contributed by atoms with Crippen LogP contribution in [0.25, 0.3) is 0 Å². The number of amides is 2. The second kappa shape index (κ2) is 8.06. The van der Waals surface area contributed by atoms with Gasteiger partial charge in [-0.25, -0.2) is 9.67 Å². The van der Waals surface area contributed by atoms with Gasteiger partial charge in [-0.2, -0.15) is 0 Å². The van der Waals surface area contributed by atoms with Gasteiger partial charge in [-0.1, -0.05) is 11.8 Å². The van der Waals surface area contributed by atoms with Gasteiger partial charge in [0.15, 0.2) is 5.13 Å². The molecule has 0 saturated carbocycles. The molecule has 0 spiro atoms. The van der Waals surface area contributed by atoms with Gasteiger partial charge in [0.25, 0.3) is 5.91 Å². The molecule has 0 aliphatic heterocycles. The van der Waals surface area contributed by atoms with Crippen LogP contribution < -0.4 is 10.6 Å². The second-order valence-electron chi connectivity index (χ2n) is 5.25. The van der Waals surface area contributed by atoms with Crippen molar-refractivity contribution in [3.63, 3.8) is 0 Å². The van der Waals surface area contributed by atoms with Gasteiger partial charge < -0.3 is 5.32 Å². The van der Waals surface area contributed by atoms with E-state index in [1.54, 1.807) is 31.3 Å². The van der Waals surface area contributed by atoms with Crippen LogP contribution in [0.5, 0.6) is 0 Å². The Labute approximate surface area is 157 Å². The Hall–Kier alpha value is -2.79. The minimum atomic E-state index is -0.248. The maximum atomic E-state index is 12.2. The number of anilines is 2. The largest absolute Gasteiger partial charge is 0.325 e. The van der Waals surface area contributed by atoms with Gasteiger partial charge in [0, 0.05) is 23.7 Å². The number of aromatic nitrogens is 5. The lowest BCUT2D eigenvalue weighted by Gasteiger charge is -2.06. The quantitative estimate of drug-likeness (QED) is 0.619. The van der Waals surface area contributed by atoms with Crippen LogP contribution in [0.2, 0.25) is 0 Å². The van der Waals surface area contributed by atoms with Gasteiger partial charge in [-0.05, 0) is 41.6 Å². The van der Waals surface area contributed by atoms with E-state index in [0.29, 0.717) is 21.5 Å². The molecule has 0 radical (unpaired) electrons. The van der Waals surface area contributed by atoms with Crippen molar-refractivity contribution >= 4 is 45.7 Å². The van der Waals surface area contributed by atoms with Crippen molar-refractivity contribution in [3.05, 3.63) is 40.9 Å². The highest BCUT2D eigenvalue weighted by molar-refractivity contribution is 7.99. The number of carbonyl (C=O) groups is 2. The van der Waals surface area contributed by atoms with Crippen molar-refractivity contribution in [2.45, 2.75) is 12.1 Å². The van der Waals surface area contributed by atoms with E-state index in [0.717, 1.165) is 5.69 Å². The summed E-state index contributed by atoms with van der Waals surface area (Å²) in [5.74, 6) is -0.254. The number of rotatable bonds is 6. The molecule has 0 aliphatic carbocycles. The molecule has 0 unspecified atom stereocenters. The number of thioether (sulfide) groups is 1. The Morgan fingerprint density at radius 1 is 1.23 bits per heavy atom. The maximum Gasteiger partial charge on any atom is 0.257 e. The predicted octanol–water partition coefficient (Wildman–Crippen LogP) is 1.96. The zero-order valence-corrected chi connectivity index (χ0v) is 15.6. The van der Waals surface area contributed by atoms with E-state index in [2.05, 4.69) is 31.1 Å². The Kier molecular flexibility index (Phi) is 5.58. The minimum Gasteiger partial charge on any atom is -0.325 e. The fraction of sp³-hybridized carbons (Fsp3) is 0.200. The van der Waals surface area contributed by atoms with Crippen molar-refractivity contribution in [3.8, 4) is 0 Å². The predicted molar refractivity (Wildman–Crippen MR) is 99.4 cm³/mol. The van der Waals surface area contributed by atoms with Gasteiger partial charge in [0.2, 0.25) is 11.1 Å². The number of nitrogens with zero attached hydrogens (tertiary/aromatic N) is 5. The van der Waals surface area contributed by atoms with Crippen molar-refractivity contribution in [2.24, 2.45) is 7.05 Å². The summed E-state index contributed by atoms with van der Waals surface area (Å²) in [5, 5.41) is 19.5. The van der Waals surface area contributed by atoms with Crippen LogP contribution in [-0.4, -0.2) is 42.8 Å². The van der Waals surface area contributed by atoms with Crippen LogP contribution in [0.4, 0.5) is 10.8 Å². The van der Waals surface area contributed by atoms with Crippen molar-refractivity contribution in [2.75, 3.05) is 16.4 Å². The van der Waals surface area contributed by atoms with Gasteiger partial charge >= 0.3 is 0 Å². The van der Waals surface area contributed by atoms with Gasteiger partial charge in [0.1, 0.15) is 0 Å². The Morgan fingerprint density at radius 2 is 2.00 bits per heavy atom. The molecule has 2 N–H and O–H groups in total. The van der Waals surface area contributed by atoms with E-state index in [9.17, 15) is 9.59 Å². The number of hydrogen-bond acceptors (Lipinski definition) is 8. The molecule has 134 valence electrons. The van der Waals surface area contributed by atoms with Crippen LogP contribution in [0.1, 0.15) is 16.1 Å². The van der Waals surface area contributed by atoms with Crippen LogP contribution in [0.15, 0.2) is 34.8 Å². The minimum absolute atomic E-state index is 0.180. The normalized spacial score (nSPS) is 10.5. The summed E-state index contributed by atoms with van der Waals surface area (Å²) in [4.78, 5) is 28.3. The third-order valence-electron chi connectivity index (χ3n) is 3.18. The first-order valence-corrected chi connectivity index (χ1v) is 9.36. The Balaban J connectivity index is 1.52. The number of hydrogen-bond donors (Lipinski definition) is 2. The van der Waals surface area contributed by atoms with Gasteiger partial charge in [0.05, 0.1) is 11.4 Å². The maximum absolute atomic E-state index is 12.2. The fourth-order valence-electron chi connectivity index (χ4n) is 1.96. The van der Waals surface area contributed by atoms with Crippen LogP contribution in [0, 0.1) is 6.92 Å². The summed E-state index contributed by atoms with van der Waals surface area (Å²) in [5.41, 5.74) is 1.95. The molecule has 0 saturated heterocycles. The SMILES string of the molecule is Cc1csc(NC(=O)c2ccc(NC(=O)CSc3nnnn3C)cc2)n1. The number of thiazole rings is 1. The lowest BCUT2D eigenvalue weighted by atomic mass is 10.2. The van der Waals surface area contributed by atoms with Crippen molar-refractivity contribution in [1.29, 1.82) is 0 Å². The molecule has 3 rings (SSSR count). The highest BCUT2D eigenvalue weighted by Gasteiger charge is 2.10. The Morgan fingerprint density at radius 3 is 2.62 bits per heavy atom. The molecule has 9 nitrogen and oxygen atoms in total. The lowest BCUT2D eigenvalue weighted by molar-refractivity contribution is -0.113. The molecule has 1 aromatic carbocycles. The molecule has 0 atom stereocenters. The highest BCUT2D eigenvalue weighted by atomic mass is 32.2. The molecule has 2 aromatic heterocycles. The third kappa shape index (κ3) is 4.64. The van der Waals surface area contributed by atoms with E-state index in [1.165, 1.54) is 27.8 Å². The monoisotopic (exact) mass is 389 g/mol. The molecule has 26 heavy (non-hydrogen) atoms. The summed E-state index contributed by atoms with van der Waals surface area (Å²) in [7, 11) is 1.71. The fourth-order valence-corrected chi connectivity index (χ4v) is 3.29. The first kappa shape index (κ1) is 18.0. The molecule has 0 bridgehead atoms. The molecule has 11 heteroatoms. The zero-order valence-electron chi connectivity index (χ0n) is 14.0. The first-order valence-electron chi connectivity index (χ1n) is 7.50. The van der Waals surface area contributed by atoms with Crippen molar-refractivity contribution < 1.29 is 9.59 Å². The number of nitrogens with one attached hydrogen (secondary N) is 2. The molecular weight excluding hydrogens is 374 g/mol. The Bertz CT molecular complexity index is 920. The molecule has 0 fully saturated rings. The average molecular weight is 389 g/mol. The highest BCUT2D eigenvalue weighted by Crippen LogP contribution is 2.17. The van der Waals surface area contributed by atoms with Crippen molar-refractivity contribution in [1.82, 2.24) is 25.2 Å². The van der Waals surface area contributed by atoms with Gasteiger partial charge in [-0.15, -0.1) is 16.4 Å². The number of carbonyl (C=O) groups excluding carboxylic acids is 2. The summed E-state index contributed by atoms with van der Waals surface area (Å²) in [6.07, 6.45) is 0. The van der Waals surface area contributed by atoms with E-state index in [1.807, 2.05) is 12.3 Å². The van der Waals surface area contributed by atoms with E-state index >= 15 is 0 Å². The molecular formula is C15H15N7O2S2. The average Bonchev–Trinajstić information content (AvgIpc) is 3.21. The molecule has 3 aromatic rings. The summed E-state index contributed by atoms with van der Waals surface area (Å²) in [6.45, 7) is 1.86. The van der Waals surface area contributed by atoms with Gasteiger partial charge in [-0.3, -0.25) is 14.9 Å². The summed E-state index contributed by atoms with van der Waals surface area (Å²) >= 11 is 2.61. The topological polar surface area (TPSA) is 115 Å². The van der Waals surface area contributed by atoms with Crippen LogP contribution in [-0.2, 0) is 11.8 Å². The van der Waals surface area contributed by atoms with E-state index in [-0.39, 0.29) is 17.6 Å². The van der Waals surface area contributed by atoms with Crippen LogP contribution in [0.3, 0.4) is 0 Å². The number of aryl methyl sites for hydroxylation is 2. The zero-order chi connectivity index (χ0) is 18.5. The number of tetrazole rings is 1. The lowest BCUT2D eigenvalue weighted by Crippen LogP contribution is -2.15. The summed E-state index contributed by atoms with van der Waals surface area (Å²) < 4.78 is 1.50. The number of benzene rings is 1. The van der Waals surface area contributed by atoms with E-state index < -0.39 is 0 Å². The standard InChI is InChI=1S/C15H15N7O2S2/c1-9-7-25-14(16-9)18-13(24)10-3-5-11(6-4-10)17-12(23)8-26-15-19-20-21-22(15)2/h3-7H,8H2,1-2H3,(H,17,23)(H,16,18,24). The molecule has 2 amide bonds. The first-order chi connectivity index (χ1) is 12.5. The molecule has 2 heterocycles. The second-order valence-corrected chi connectivity index (χ2v) is 7.05. The van der Waals surface area contributed by atoms with Crippen LogP contribution >= 0.6 is 23.1 Å². The molecule has 0 aliphatic rings. The smallest absolute Gasteiger partial charge is 0.257 e. The third-order valence-corrected chi connectivity index (χ3v) is 5.07. The summed E-state index contributed by atoms with van der Waals surface area (Å²) in [6, 6.07) is 6.64.